The number of amides is 1. The molecular weight excluding hydrogens is 582 g/mol. The number of rotatable bonds is 13. The van der Waals surface area contributed by atoms with E-state index >= 15 is 0 Å². The fourth-order valence-electron chi connectivity index (χ4n) is 5.20. The zero-order valence-electron chi connectivity index (χ0n) is 24.9. The van der Waals surface area contributed by atoms with Crippen LogP contribution in [0.5, 0.6) is 5.75 Å². The Morgan fingerprint density at radius 1 is 0.867 bits per heavy atom. The van der Waals surface area contributed by atoms with Crippen LogP contribution in [0.25, 0.3) is 5.69 Å². The predicted molar refractivity (Wildman–Crippen MR) is 175 cm³/mol. The smallest absolute Gasteiger partial charge is 0.273 e. The summed E-state index contributed by atoms with van der Waals surface area (Å²) in [4.78, 5) is 17.4. The van der Waals surface area contributed by atoms with E-state index in [1.165, 1.54) is 29.2 Å². The van der Waals surface area contributed by atoms with Gasteiger partial charge in [0.05, 0.1) is 12.9 Å². The third-order valence-corrected chi connectivity index (χ3v) is 8.38. The van der Waals surface area contributed by atoms with Gasteiger partial charge in [0.25, 0.3) is 5.91 Å². The highest BCUT2D eigenvalue weighted by Crippen LogP contribution is 2.29. The Balaban J connectivity index is 1.11. The molecule has 2 aromatic heterocycles. The molecule has 0 saturated carbocycles. The van der Waals surface area contributed by atoms with E-state index < -0.39 is 0 Å². The summed E-state index contributed by atoms with van der Waals surface area (Å²) >= 11 is 1.45. The van der Waals surface area contributed by atoms with Crippen LogP contribution >= 0.6 is 11.8 Å². The van der Waals surface area contributed by atoms with Crippen molar-refractivity contribution in [2.24, 2.45) is 0 Å². The first kappa shape index (κ1) is 29.9. The molecule has 0 spiro atoms. The molecule has 1 amide bonds. The number of thioether (sulfide) groups is 1. The number of hydrogen-bond acceptors (Lipinski definition) is 7. The fraction of sp³-hybridized carbons (Fsp3) is 0.167. The van der Waals surface area contributed by atoms with Crippen molar-refractivity contribution in [3.63, 3.8) is 0 Å². The Hall–Kier alpha value is -5.15. The Kier molecular flexibility index (Phi) is 9.67. The molecule has 4 aromatic carbocycles. The number of nitrogens with one attached hydrogen (secondary N) is 1. The molecule has 0 unspecified atom stereocenters. The number of ether oxygens (including phenoxy) is 1. The average Bonchev–Trinajstić information content (AvgIpc) is 3.74. The molecular formula is C36H33N5O3S. The summed E-state index contributed by atoms with van der Waals surface area (Å²) in [5.74, 6) is 2.31. The van der Waals surface area contributed by atoms with Gasteiger partial charge in [-0.25, -0.2) is 4.98 Å². The van der Waals surface area contributed by atoms with Crippen molar-refractivity contribution in [1.82, 2.24) is 25.1 Å². The summed E-state index contributed by atoms with van der Waals surface area (Å²) in [6, 6.07) is 38.7. The van der Waals surface area contributed by atoms with E-state index in [1.54, 1.807) is 7.11 Å². The third kappa shape index (κ3) is 7.50. The van der Waals surface area contributed by atoms with E-state index in [-0.39, 0.29) is 17.5 Å². The van der Waals surface area contributed by atoms with Crippen LogP contribution in [-0.4, -0.2) is 39.3 Å². The summed E-state index contributed by atoms with van der Waals surface area (Å²) in [6.07, 6.45) is 2.79. The fourth-order valence-corrected chi connectivity index (χ4v) is 6.03. The first-order chi connectivity index (χ1) is 22.2. The van der Waals surface area contributed by atoms with Crippen molar-refractivity contribution in [1.29, 1.82) is 0 Å². The first-order valence-electron chi connectivity index (χ1n) is 14.8. The Bertz CT molecular complexity index is 1770. The van der Waals surface area contributed by atoms with E-state index in [2.05, 4.69) is 56.9 Å². The van der Waals surface area contributed by atoms with Gasteiger partial charge in [0.1, 0.15) is 17.8 Å². The zero-order chi connectivity index (χ0) is 30.8. The third-order valence-electron chi connectivity index (χ3n) is 7.47. The van der Waals surface area contributed by atoms with Crippen molar-refractivity contribution in [3.05, 3.63) is 156 Å². The maximum absolute atomic E-state index is 13.0. The topological polar surface area (TPSA) is 95.1 Å². The summed E-state index contributed by atoms with van der Waals surface area (Å²) in [5, 5.41) is 12.7. The van der Waals surface area contributed by atoms with Crippen molar-refractivity contribution < 1.29 is 13.9 Å². The Morgan fingerprint density at radius 3 is 2.16 bits per heavy atom. The van der Waals surface area contributed by atoms with E-state index in [0.29, 0.717) is 29.8 Å². The van der Waals surface area contributed by atoms with Crippen molar-refractivity contribution >= 4 is 17.7 Å². The van der Waals surface area contributed by atoms with Crippen LogP contribution in [0, 0.1) is 0 Å². The lowest BCUT2D eigenvalue weighted by Gasteiger charge is -2.18. The quantitative estimate of drug-likeness (QED) is 0.139. The van der Waals surface area contributed by atoms with Gasteiger partial charge in [-0.1, -0.05) is 103 Å². The molecule has 2 heterocycles. The molecule has 8 nitrogen and oxygen atoms in total. The maximum atomic E-state index is 13.0. The minimum absolute atomic E-state index is 0.173. The van der Waals surface area contributed by atoms with E-state index in [4.69, 9.17) is 9.15 Å². The van der Waals surface area contributed by atoms with Gasteiger partial charge in [0, 0.05) is 24.6 Å². The van der Waals surface area contributed by atoms with Crippen LogP contribution in [0.3, 0.4) is 0 Å². The molecule has 45 heavy (non-hydrogen) atoms. The lowest BCUT2D eigenvalue weighted by atomic mass is 9.88. The molecule has 6 rings (SSSR count). The lowest BCUT2D eigenvalue weighted by molar-refractivity contribution is 0.0947. The number of methoxy groups -OCH3 is 1. The summed E-state index contributed by atoms with van der Waals surface area (Å²) in [5.41, 5.74) is 4.74. The highest BCUT2D eigenvalue weighted by molar-refractivity contribution is 7.98. The number of aromatic nitrogens is 4. The molecule has 0 aliphatic heterocycles. The van der Waals surface area contributed by atoms with Gasteiger partial charge in [-0.3, -0.25) is 9.36 Å². The van der Waals surface area contributed by atoms with Crippen molar-refractivity contribution in [2.75, 3.05) is 13.7 Å². The van der Waals surface area contributed by atoms with Gasteiger partial charge in [-0.15, -0.1) is 10.2 Å². The van der Waals surface area contributed by atoms with Crippen LogP contribution in [0.4, 0.5) is 0 Å². The summed E-state index contributed by atoms with van der Waals surface area (Å²) in [6.45, 7) is 0.499. The lowest BCUT2D eigenvalue weighted by Crippen LogP contribution is -2.26. The number of carbonyl (C=O) groups is 1. The van der Waals surface area contributed by atoms with Gasteiger partial charge in [-0.2, -0.15) is 0 Å². The molecule has 0 fully saturated rings. The minimum atomic E-state index is -0.263. The standard InChI is InChI=1S/C36H33N5O3S/c1-43-30-19-17-29(18-20-30)41-33(23-26-11-5-2-6-12-26)39-40-36(41)45-25-34-38-32(24-44-34)35(42)37-22-21-31(27-13-7-3-8-14-27)28-15-9-4-10-16-28/h2-20,24,31H,21-23,25H2,1H3,(H,37,42). The second-order valence-electron chi connectivity index (χ2n) is 10.4. The molecule has 1 N–H and O–H groups in total. The van der Waals surface area contributed by atoms with Crippen molar-refractivity contribution in [3.8, 4) is 11.4 Å². The molecule has 0 radical (unpaired) electrons. The van der Waals surface area contributed by atoms with Gasteiger partial charge < -0.3 is 14.5 Å². The number of carbonyl (C=O) groups excluding carboxylic acids is 1. The minimum Gasteiger partial charge on any atom is -0.497 e. The monoisotopic (exact) mass is 615 g/mol. The van der Waals surface area contributed by atoms with Gasteiger partial charge in [-0.05, 0) is 47.4 Å². The number of nitrogens with zero attached hydrogens (tertiary/aromatic N) is 4. The highest BCUT2D eigenvalue weighted by Gasteiger charge is 2.19. The first-order valence-corrected chi connectivity index (χ1v) is 15.7. The van der Waals surface area contributed by atoms with Crippen molar-refractivity contribution in [2.45, 2.75) is 29.7 Å². The molecule has 226 valence electrons. The molecule has 0 aliphatic rings. The number of oxazole rings is 1. The van der Waals surface area contributed by atoms with Crippen LogP contribution in [0.1, 0.15) is 51.2 Å². The molecule has 0 saturated heterocycles. The van der Waals surface area contributed by atoms with Crippen LogP contribution in [0.15, 0.2) is 131 Å². The normalized spacial score (nSPS) is 11.1. The van der Waals surface area contributed by atoms with E-state index in [9.17, 15) is 4.79 Å². The van der Waals surface area contributed by atoms with E-state index in [0.717, 1.165) is 29.2 Å². The highest BCUT2D eigenvalue weighted by atomic mass is 32.2. The second-order valence-corrected chi connectivity index (χ2v) is 11.4. The predicted octanol–water partition coefficient (Wildman–Crippen LogP) is 7.10. The number of benzene rings is 4. The van der Waals surface area contributed by atoms with Crippen LogP contribution < -0.4 is 10.1 Å². The van der Waals surface area contributed by atoms with E-state index in [1.807, 2.05) is 83.4 Å². The maximum Gasteiger partial charge on any atom is 0.273 e. The Labute approximate surface area is 266 Å². The van der Waals surface area contributed by atoms with Crippen LogP contribution in [0.2, 0.25) is 0 Å². The van der Waals surface area contributed by atoms with Crippen LogP contribution in [-0.2, 0) is 12.2 Å². The second kappa shape index (κ2) is 14.5. The number of hydrogen-bond donors (Lipinski definition) is 1. The molecule has 6 aromatic rings. The molecule has 0 bridgehead atoms. The average molecular weight is 616 g/mol. The zero-order valence-corrected chi connectivity index (χ0v) is 25.7. The Morgan fingerprint density at radius 2 is 1.51 bits per heavy atom. The molecule has 9 heteroatoms. The largest absolute Gasteiger partial charge is 0.497 e. The van der Waals surface area contributed by atoms with Gasteiger partial charge in [0.15, 0.2) is 10.9 Å². The SMILES string of the molecule is COc1ccc(-n2c(Cc3ccccc3)nnc2SCc2nc(C(=O)NCCC(c3ccccc3)c3ccccc3)co2)cc1. The van der Waals surface area contributed by atoms with Gasteiger partial charge >= 0.3 is 0 Å². The summed E-state index contributed by atoms with van der Waals surface area (Å²) in [7, 11) is 1.65. The summed E-state index contributed by atoms with van der Waals surface area (Å²) < 4.78 is 13.1. The van der Waals surface area contributed by atoms with Gasteiger partial charge in [0.2, 0.25) is 5.89 Å². The molecule has 0 aliphatic carbocycles. The molecule has 0 atom stereocenters.